The zero-order valence-electron chi connectivity index (χ0n) is 12.7. The number of fused-ring (bicyclic) bond motifs is 2. The van der Waals surface area contributed by atoms with Gasteiger partial charge in [-0.25, -0.2) is 15.0 Å². The third-order valence-electron chi connectivity index (χ3n) is 4.88. The van der Waals surface area contributed by atoms with Gasteiger partial charge >= 0.3 is 0 Å². The molecule has 1 aliphatic rings. The van der Waals surface area contributed by atoms with E-state index in [1.807, 2.05) is 35.3 Å². The minimum Gasteiger partial charge on any atom is -0.345 e. The van der Waals surface area contributed by atoms with Crippen LogP contribution in [0.25, 0.3) is 27.8 Å². The molecule has 0 aromatic carbocycles. The second kappa shape index (κ2) is 4.91. The molecule has 4 aromatic rings. The Morgan fingerprint density at radius 1 is 1.22 bits per heavy atom. The van der Waals surface area contributed by atoms with Gasteiger partial charge in [-0.05, 0) is 18.1 Å². The third-order valence-corrected chi connectivity index (χ3v) is 4.88. The van der Waals surface area contributed by atoms with E-state index in [0.29, 0.717) is 0 Å². The molecule has 4 aromatic heterocycles. The van der Waals surface area contributed by atoms with Crippen LogP contribution in [-0.4, -0.2) is 24.3 Å². The Morgan fingerprint density at radius 2 is 2.17 bits per heavy atom. The maximum Gasteiger partial charge on any atom is 0.141 e. The zero-order chi connectivity index (χ0) is 15.2. The highest BCUT2D eigenvalue weighted by atomic mass is 15.0. The Morgan fingerprint density at radius 3 is 3.04 bits per heavy atom. The number of aromatic amines is 1. The molecule has 5 nitrogen and oxygen atoms in total. The Labute approximate surface area is 133 Å². The van der Waals surface area contributed by atoms with E-state index in [9.17, 15) is 0 Å². The predicted octanol–water partition coefficient (Wildman–Crippen LogP) is 3.62. The summed E-state index contributed by atoms with van der Waals surface area (Å²) < 4.78 is 2.03. The summed E-state index contributed by atoms with van der Waals surface area (Å²) >= 11 is 0. The van der Waals surface area contributed by atoms with E-state index in [2.05, 4.69) is 27.2 Å². The fourth-order valence-electron chi connectivity index (χ4n) is 3.32. The molecule has 23 heavy (non-hydrogen) atoms. The summed E-state index contributed by atoms with van der Waals surface area (Å²) in [4.78, 5) is 16.9. The van der Waals surface area contributed by atoms with Gasteiger partial charge in [-0.2, -0.15) is 0 Å². The summed E-state index contributed by atoms with van der Waals surface area (Å²) in [6, 6.07) is 4.12. The number of imidazole rings is 1. The van der Waals surface area contributed by atoms with Gasteiger partial charge in [0.15, 0.2) is 0 Å². The van der Waals surface area contributed by atoms with Gasteiger partial charge in [-0.1, -0.05) is 19.3 Å². The van der Waals surface area contributed by atoms with E-state index >= 15 is 0 Å². The molecule has 5 heteroatoms. The van der Waals surface area contributed by atoms with Gasteiger partial charge in [0.05, 0.1) is 0 Å². The molecule has 0 unspecified atom stereocenters. The number of nitrogens with one attached hydrogen (secondary N) is 1. The van der Waals surface area contributed by atoms with Gasteiger partial charge < -0.3 is 9.38 Å². The molecule has 0 spiro atoms. The van der Waals surface area contributed by atoms with Gasteiger partial charge in [-0.15, -0.1) is 0 Å². The topological polar surface area (TPSA) is 58.9 Å². The Bertz CT molecular complexity index is 993. The lowest BCUT2D eigenvalue weighted by molar-refractivity contribution is 0.309. The highest BCUT2D eigenvalue weighted by molar-refractivity contribution is 5.93. The van der Waals surface area contributed by atoms with Crippen LogP contribution in [0.1, 0.15) is 25.1 Å². The lowest BCUT2D eigenvalue weighted by atomic mass is 9.83. The molecule has 1 saturated carbocycles. The first-order chi connectivity index (χ1) is 11.4. The van der Waals surface area contributed by atoms with Gasteiger partial charge in [0.2, 0.25) is 0 Å². The minimum atomic E-state index is 0.783. The molecule has 1 N–H and O–H groups in total. The van der Waals surface area contributed by atoms with Crippen LogP contribution in [0.5, 0.6) is 0 Å². The van der Waals surface area contributed by atoms with E-state index in [-0.39, 0.29) is 0 Å². The fourth-order valence-corrected chi connectivity index (χ4v) is 3.32. The molecule has 1 aliphatic carbocycles. The van der Waals surface area contributed by atoms with Crippen LogP contribution in [0.2, 0.25) is 0 Å². The lowest BCUT2D eigenvalue weighted by Crippen LogP contribution is -2.15. The molecule has 0 saturated heterocycles. The highest BCUT2D eigenvalue weighted by Crippen LogP contribution is 2.30. The molecular formula is C18H17N5. The van der Waals surface area contributed by atoms with Crippen molar-refractivity contribution in [2.75, 3.05) is 0 Å². The van der Waals surface area contributed by atoms with Crippen LogP contribution in [-0.2, 0) is 6.42 Å². The van der Waals surface area contributed by atoms with Crippen molar-refractivity contribution >= 4 is 16.7 Å². The number of hydrogen-bond donors (Lipinski definition) is 1. The van der Waals surface area contributed by atoms with Crippen LogP contribution in [0.4, 0.5) is 0 Å². The number of hydrogen-bond acceptors (Lipinski definition) is 3. The van der Waals surface area contributed by atoms with E-state index in [0.717, 1.165) is 46.0 Å². The van der Waals surface area contributed by atoms with Crippen LogP contribution < -0.4 is 0 Å². The Kier molecular flexibility index (Phi) is 2.74. The fraction of sp³-hybridized carbons (Fsp3) is 0.278. The van der Waals surface area contributed by atoms with E-state index < -0.39 is 0 Å². The summed E-state index contributed by atoms with van der Waals surface area (Å²) in [6.07, 6.45) is 14.8. The molecule has 1 fully saturated rings. The largest absolute Gasteiger partial charge is 0.345 e. The van der Waals surface area contributed by atoms with E-state index in [4.69, 9.17) is 4.98 Å². The van der Waals surface area contributed by atoms with Gasteiger partial charge in [0.1, 0.15) is 17.1 Å². The number of aromatic nitrogens is 5. The minimum absolute atomic E-state index is 0.783. The van der Waals surface area contributed by atoms with Crippen molar-refractivity contribution < 1.29 is 0 Å². The molecular weight excluding hydrogens is 286 g/mol. The average molecular weight is 303 g/mol. The number of rotatable bonds is 3. The normalized spacial score (nSPS) is 15.3. The van der Waals surface area contributed by atoms with Gasteiger partial charge in [0, 0.05) is 53.9 Å². The zero-order valence-corrected chi connectivity index (χ0v) is 12.7. The Balaban J connectivity index is 1.55. The second-order valence-electron chi connectivity index (χ2n) is 6.36. The van der Waals surface area contributed by atoms with Crippen molar-refractivity contribution in [1.82, 2.24) is 24.3 Å². The van der Waals surface area contributed by atoms with Crippen molar-refractivity contribution in [3.8, 4) is 11.1 Å². The second-order valence-corrected chi connectivity index (χ2v) is 6.36. The van der Waals surface area contributed by atoms with Gasteiger partial charge in [0.25, 0.3) is 0 Å². The quantitative estimate of drug-likeness (QED) is 0.629. The standard InChI is InChI=1S/C18H17N5/c1-2-12(3-1)8-16-20-10-15-14(9-21-18(15)22-16)13-4-5-17-19-6-7-23(17)11-13/h4-7,9-12H,1-3,8H2,(H,20,21,22). The third kappa shape index (κ3) is 2.11. The molecule has 0 aliphatic heterocycles. The first kappa shape index (κ1) is 12.8. The maximum atomic E-state index is 4.71. The highest BCUT2D eigenvalue weighted by Gasteiger charge is 2.19. The van der Waals surface area contributed by atoms with Crippen molar-refractivity contribution in [3.63, 3.8) is 0 Å². The molecule has 0 bridgehead atoms. The summed E-state index contributed by atoms with van der Waals surface area (Å²) in [7, 11) is 0. The van der Waals surface area contributed by atoms with E-state index in [1.165, 1.54) is 19.3 Å². The first-order valence-electron chi connectivity index (χ1n) is 8.13. The van der Waals surface area contributed by atoms with Crippen molar-refractivity contribution in [2.24, 2.45) is 5.92 Å². The summed E-state index contributed by atoms with van der Waals surface area (Å²) in [5, 5.41) is 1.07. The van der Waals surface area contributed by atoms with Crippen LogP contribution in [0.3, 0.4) is 0 Å². The summed E-state index contributed by atoms with van der Waals surface area (Å²) in [5.74, 6) is 1.74. The maximum absolute atomic E-state index is 4.71. The monoisotopic (exact) mass is 303 g/mol. The van der Waals surface area contributed by atoms with Crippen LogP contribution >= 0.6 is 0 Å². The molecule has 114 valence electrons. The summed E-state index contributed by atoms with van der Waals surface area (Å²) in [5.41, 5.74) is 4.14. The average Bonchev–Trinajstić information content (AvgIpc) is 3.16. The SMILES string of the molecule is c1cn2cc(-c3c[nH]c4nc(CC5CCC5)ncc34)ccc2n1. The number of pyridine rings is 1. The molecule has 0 atom stereocenters. The van der Waals surface area contributed by atoms with E-state index in [1.54, 1.807) is 0 Å². The number of nitrogens with zero attached hydrogens (tertiary/aromatic N) is 4. The first-order valence-corrected chi connectivity index (χ1v) is 8.13. The molecule has 0 amide bonds. The molecule has 4 heterocycles. The molecule has 5 rings (SSSR count). The number of H-pyrrole nitrogens is 1. The van der Waals surface area contributed by atoms with Crippen LogP contribution in [0.15, 0.2) is 43.1 Å². The predicted molar refractivity (Wildman–Crippen MR) is 89.1 cm³/mol. The van der Waals surface area contributed by atoms with Gasteiger partial charge in [-0.3, -0.25) is 0 Å². The molecule has 0 radical (unpaired) electrons. The van der Waals surface area contributed by atoms with Crippen molar-refractivity contribution in [3.05, 3.63) is 48.9 Å². The van der Waals surface area contributed by atoms with Crippen molar-refractivity contribution in [2.45, 2.75) is 25.7 Å². The Hall–Kier alpha value is -2.69. The smallest absolute Gasteiger partial charge is 0.141 e. The van der Waals surface area contributed by atoms with Crippen LogP contribution in [0, 0.1) is 5.92 Å². The summed E-state index contributed by atoms with van der Waals surface area (Å²) in [6.45, 7) is 0. The van der Waals surface area contributed by atoms with Crippen molar-refractivity contribution in [1.29, 1.82) is 0 Å². The lowest BCUT2D eigenvalue weighted by Gasteiger charge is -2.24.